The molecule has 2 aromatic rings. The zero-order valence-corrected chi connectivity index (χ0v) is 26.4. The highest BCUT2D eigenvalue weighted by atomic mass is 28.4. The van der Waals surface area contributed by atoms with Crippen molar-refractivity contribution >= 4 is 18.9 Å². The summed E-state index contributed by atoms with van der Waals surface area (Å²) in [5.41, 5.74) is -1.57. The minimum absolute atomic E-state index is 0.393. The van der Waals surface area contributed by atoms with Gasteiger partial charge in [-0.05, 0) is 107 Å². The van der Waals surface area contributed by atoms with Crippen molar-refractivity contribution in [2.24, 2.45) is 0 Å². The van der Waals surface area contributed by atoms with Gasteiger partial charge >= 0.3 is 8.56 Å². The van der Waals surface area contributed by atoms with E-state index in [1.54, 1.807) is 14.2 Å². The molecule has 6 nitrogen and oxygen atoms in total. The molecule has 2 aromatic carbocycles. The second-order valence-electron chi connectivity index (χ2n) is 13.3. The summed E-state index contributed by atoms with van der Waals surface area (Å²) in [5, 5.41) is 1.71. The molecule has 0 saturated carbocycles. The summed E-state index contributed by atoms with van der Waals surface area (Å²) in [6, 6.07) is 11.8. The molecule has 0 atom stereocenters. The van der Waals surface area contributed by atoms with E-state index in [1.165, 1.54) is 0 Å². The third-order valence-corrected chi connectivity index (χ3v) is 8.04. The van der Waals surface area contributed by atoms with Crippen LogP contribution in [0.4, 0.5) is 0 Å². The molecule has 0 aliphatic carbocycles. The number of benzene rings is 2. The first-order chi connectivity index (χ1) is 16.6. The van der Waals surface area contributed by atoms with Crippen LogP contribution in [-0.2, 0) is 8.85 Å². The van der Waals surface area contributed by atoms with Gasteiger partial charge in [-0.15, -0.1) is 0 Å². The van der Waals surface area contributed by atoms with Crippen molar-refractivity contribution in [1.82, 2.24) is 0 Å². The van der Waals surface area contributed by atoms with Gasteiger partial charge in [0.25, 0.3) is 0 Å². The molecule has 0 aromatic heterocycles. The minimum Gasteiger partial charge on any atom is -0.488 e. The molecule has 0 N–H and O–H groups in total. The minimum atomic E-state index is -3.24. The van der Waals surface area contributed by atoms with Gasteiger partial charge in [0.05, 0.1) is 0 Å². The van der Waals surface area contributed by atoms with E-state index in [2.05, 4.69) is 0 Å². The Morgan fingerprint density at radius 2 is 0.622 bits per heavy atom. The Hall–Kier alpha value is -2.22. The van der Waals surface area contributed by atoms with Crippen LogP contribution in [0.2, 0.25) is 0 Å². The van der Waals surface area contributed by atoms with Crippen molar-refractivity contribution in [3.63, 3.8) is 0 Å². The van der Waals surface area contributed by atoms with Crippen LogP contribution in [0.3, 0.4) is 0 Å². The molecule has 2 rings (SSSR count). The molecule has 0 saturated heterocycles. The average Bonchev–Trinajstić information content (AvgIpc) is 2.63. The van der Waals surface area contributed by atoms with Gasteiger partial charge in [-0.25, -0.2) is 0 Å². The lowest BCUT2D eigenvalue weighted by atomic mass is 10.2. The van der Waals surface area contributed by atoms with Crippen LogP contribution in [0.5, 0.6) is 23.0 Å². The van der Waals surface area contributed by atoms with Gasteiger partial charge in [0.1, 0.15) is 45.4 Å². The Balaban J connectivity index is 2.81. The van der Waals surface area contributed by atoms with Crippen LogP contribution >= 0.6 is 0 Å². The lowest BCUT2D eigenvalue weighted by Crippen LogP contribution is -2.62. The summed E-state index contributed by atoms with van der Waals surface area (Å²) in [6.07, 6.45) is 0. The van der Waals surface area contributed by atoms with Crippen LogP contribution < -0.4 is 29.3 Å². The molecular weight excluding hydrogens is 484 g/mol. The van der Waals surface area contributed by atoms with E-state index in [0.29, 0.717) is 23.0 Å². The summed E-state index contributed by atoms with van der Waals surface area (Å²) in [4.78, 5) is 0. The van der Waals surface area contributed by atoms with Gasteiger partial charge in [0, 0.05) is 36.7 Å². The summed E-state index contributed by atoms with van der Waals surface area (Å²) < 4.78 is 37.7. The van der Waals surface area contributed by atoms with Crippen LogP contribution in [0.15, 0.2) is 36.4 Å². The average molecular weight is 533 g/mol. The Morgan fingerprint density at radius 3 is 0.784 bits per heavy atom. The smallest absolute Gasteiger partial charge is 0.407 e. The third-order valence-electron chi connectivity index (χ3n) is 4.79. The van der Waals surface area contributed by atoms with Crippen LogP contribution in [0.1, 0.15) is 83.1 Å². The molecule has 0 radical (unpaired) electrons. The molecule has 0 fully saturated rings. The Labute approximate surface area is 225 Å². The van der Waals surface area contributed by atoms with Crippen molar-refractivity contribution in [1.29, 1.82) is 0 Å². The zero-order valence-electron chi connectivity index (χ0n) is 25.4. The highest BCUT2D eigenvalue weighted by Crippen LogP contribution is 2.30. The maximum Gasteiger partial charge on any atom is 0.407 e. The van der Waals surface area contributed by atoms with Crippen molar-refractivity contribution in [3.05, 3.63) is 36.4 Å². The molecular formula is C30H48O6Si. The highest BCUT2D eigenvalue weighted by Gasteiger charge is 2.43. The summed E-state index contributed by atoms with van der Waals surface area (Å²) >= 11 is 0. The van der Waals surface area contributed by atoms with E-state index in [4.69, 9.17) is 27.8 Å². The first-order valence-electron chi connectivity index (χ1n) is 12.8. The van der Waals surface area contributed by atoms with E-state index in [0.717, 1.165) is 10.4 Å². The topological polar surface area (TPSA) is 55.4 Å². The lowest BCUT2D eigenvalue weighted by Gasteiger charge is -2.32. The van der Waals surface area contributed by atoms with Gasteiger partial charge in [0.15, 0.2) is 0 Å². The van der Waals surface area contributed by atoms with Crippen molar-refractivity contribution in [2.45, 2.75) is 105 Å². The first-order valence-corrected chi connectivity index (χ1v) is 14.6. The Morgan fingerprint density at radius 1 is 0.405 bits per heavy atom. The van der Waals surface area contributed by atoms with Crippen molar-refractivity contribution in [3.8, 4) is 23.0 Å². The predicted octanol–water partition coefficient (Wildman–Crippen LogP) is 6.25. The van der Waals surface area contributed by atoms with Crippen LogP contribution in [0.25, 0.3) is 0 Å². The number of hydrogen-bond acceptors (Lipinski definition) is 6. The largest absolute Gasteiger partial charge is 0.488 e. The standard InChI is InChI=1S/C30H48O6Si/c1-27(2,3)33-21-15-22(34-28(4,5)6)18-25(17-21)37(31-13,32-14)26-19-23(35-29(7,8)9)16-24(20-26)36-30(10,11)12/h15-20H,1-14H3. The third kappa shape index (κ3) is 9.54. The zero-order chi connectivity index (χ0) is 28.4. The van der Waals surface area contributed by atoms with E-state index >= 15 is 0 Å². The fourth-order valence-electron chi connectivity index (χ4n) is 3.89. The molecule has 7 heteroatoms. The van der Waals surface area contributed by atoms with Gasteiger partial charge in [-0.2, -0.15) is 0 Å². The SMILES string of the molecule is CO[Si](OC)(c1cc(OC(C)(C)C)cc(OC(C)(C)C)c1)c1cc(OC(C)(C)C)cc(OC(C)(C)C)c1. The second-order valence-corrected chi connectivity index (χ2v) is 16.5. The molecule has 0 amide bonds. The summed E-state index contributed by atoms with van der Waals surface area (Å²) in [7, 11) is 0.116. The van der Waals surface area contributed by atoms with Crippen LogP contribution in [-0.4, -0.2) is 45.2 Å². The Kier molecular flexibility index (Phi) is 9.11. The van der Waals surface area contributed by atoms with Gasteiger partial charge in [0.2, 0.25) is 0 Å². The van der Waals surface area contributed by atoms with Gasteiger partial charge < -0.3 is 27.8 Å². The molecule has 37 heavy (non-hydrogen) atoms. The van der Waals surface area contributed by atoms with E-state index < -0.39 is 31.0 Å². The van der Waals surface area contributed by atoms with E-state index in [-0.39, 0.29) is 0 Å². The molecule has 0 unspecified atom stereocenters. The predicted molar refractivity (Wildman–Crippen MR) is 153 cm³/mol. The molecule has 0 spiro atoms. The lowest BCUT2D eigenvalue weighted by molar-refractivity contribution is 0.120. The molecule has 208 valence electrons. The number of rotatable bonds is 8. The van der Waals surface area contributed by atoms with Gasteiger partial charge in [-0.1, -0.05) is 0 Å². The fraction of sp³-hybridized carbons (Fsp3) is 0.600. The molecule has 0 aliphatic rings. The number of hydrogen-bond donors (Lipinski definition) is 0. The van der Waals surface area contributed by atoms with E-state index in [9.17, 15) is 0 Å². The molecule has 0 heterocycles. The van der Waals surface area contributed by atoms with Crippen molar-refractivity contribution in [2.75, 3.05) is 14.2 Å². The molecule has 0 bridgehead atoms. The maximum atomic E-state index is 6.29. The first kappa shape index (κ1) is 31.0. The second kappa shape index (κ2) is 10.9. The van der Waals surface area contributed by atoms with Crippen molar-refractivity contribution < 1.29 is 27.8 Å². The summed E-state index contributed by atoms with van der Waals surface area (Å²) in [5.74, 6) is 2.74. The highest BCUT2D eigenvalue weighted by molar-refractivity contribution is 6.92. The summed E-state index contributed by atoms with van der Waals surface area (Å²) in [6.45, 7) is 24.2. The van der Waals surface area contributed by atoms with E-state index in [1.807, 2.05) is 119 Å². The van der Waals surface area contributed by atoms with Crippen LogP contribution in [0, 0.1) is 0 Å². The molecule has 0 aliphatic heterocycles. The maximum absolute atomic E-state index is 6.29. The fourth-order valence-corrected chi connectivity index (χ4v) is 6.67. The van der Waals surface area contributed by atoms with Gasteiger partial charge in [-0.3, -0.25) is 0 Å². The monoisotopic (exact) mass is 532 g/mol. The Bertz CT molecular complexity index is 898. The quantitative estimate of drug-likeness (QED) is 0.375. The number of ether oxygens (including phenoxy) is 4. The normalized spacial score (nSPS) is 13.4.